The highest BCUT2D eigenvalue weighted by molar-refractivity contribution is 6.31. The van der Waals surface area contributed by atoms with Crippen LogP contribution < -0.4 is 10.6 Å². The predicted molar refractivity (Wildman–Crippen MR) is 102 cm³/mol. The molecule has 0 radical (unpaired) electrons. The number of nitrogens with zero attached hydrogens (tertiary/aromatic N) is 2. The molecule has 0 atom stereocenters. The van der Waals surface area contributed by atoms with Crippen LogP contribution in [0.15, 0.2) is 36.7 Å². The van der Waals surface area contributed by atoms with Crippen molar-refractivity contribution in [3.05, 3.63) is 47.2 Å². The van der Waals surface area contributed by atoms with E-state index in [9.17, 15) is 9.59 Å². The lowest BCUT2D eigenvalue weighted by Crippen LogP contribution is -2.35. The number of carbonyl (C=O) groups is 2. The van der Waals surface area contributed by atoms with Crippen molar-refractivity contribution in [2.24, 2.45) is 0 Å². The summed E-state index contributed by atoms with van der Waals surface area (Å²) in [5.41, 5.74) is 1.35. The van der Waals surface area contributed by atoms with Gasteiger partial charge in [0.25, 0.3) is 0 Å². The van der Waals surface area contributed by atoms with Crippen molar-refractivity contribution in [2.75, 3.05) is 11.9 Å². The van der Waals surface area contributed by atoms with Crippen LogP contribution in [0.1, 0.15) is 31.2 Å². The minimum Gasteiger partial charge on any atom is -0.367 e. The van der Waals surface area contributed by atoms with Gasteiger partial charge in [0.15, 0.2) is 0 Å². The van der Waals surface area contributed by atoms with Crippen molar-refractivity contribution >= 4 is 29.1 Å². The molecular formula is C19H23ClN4O3. The fraction of sp³-hybridized carbons (Fsp3) is 0.421. The Hall–Kier alpha value is -2.38. The van der Waals surface area contributed by atoms with Gasteiger partial charge in [-0.25, -0.2) is 0 Å². The topological polar surface area (TPSA) is 85.2 Å². The first-order valence-corrected chi connectivity index (χ1v) is 9.41. The summed E-state index contributed by atoms with van der Waals surface area (Å²) >= 11 is 6.04. The number of nitrogens with one attached hydrogen (secondary N) is 2. The molecule has 1 aliphatic rings. The zero-order chi connectivity index (χ0) is 19.1. The van der Waals surface area contributed by atoms with Gasteiger partial charge in [0, 0.05) is 17.3 Å². The summed E-state index contributed by atoms with van der Waals surface area (Å²) in [6.45, 7) is 0.293. The van der Waals surface area contributed by atoms with Gasteiger partial charge in [-0.15, -0.1) is 0 Å². The zero-order valence-corrected chi connectivity index (χ0v) is 15.7. The minimum absolute atomic E-state index is 0.0639. The SMILES string of the molecule is O=C(COCc1ccccc1Cl)Nc1cnn(CC(=O)NC2CCCC2)c1. The summed E-state index contributed by atoms with van der Waals surface area (Å²) in [6.07, 6.45) is 7.55. The second kappa shape index (κ2) is 9.53. The molecule has 0 saturated heterocycles. The van der Waals surface area contributed by atoms with E-state index in [4.69, 9.17) is 16.3 Å². The van der Waals surface area contributed by atoms with Crippen LogP contribution in [0, 0.1) is 0 Å². The van der Waals surface area contributed by atoms with Crippen LogP contribution >= 0.6 is 11.6 Å². The standard InChI is InChI=1S/C19H23ClN4O3/c20-17-8-4-1-5-14(17)12-27-13-19(26)23-16-9-21-24(10-16)11-18(25)22-15-6-2-3-7-15/h1,4-5,8-10,15H,2-3,6-7,11-13H2,(H,22,25)(H,23,26). The normalized spacial score (nSPS) is 14.3. The largest absolute Gasteiger partial charge is 0.367 e. The molecule has 0 spiro atoms. The first-order valence-electron chi connectivity index (χ1n) is 9.03. The summed E-state index contributed by atoms with van der Waals surface area (Å²) in [7, 11) is 0. The Kier molecular flexibility index (Phi) is 6.84. The number of ether oxygens (including phenoxy) is 1. The molecule has 8 heteroatoms. The van der Waals surface area contributed by atoms with Gasteiger partial charge in [-0.2, -0.15) is 5.10 Å². The number of anilines is 1. The molecular weight excluding hydrogens is 368 g/mol. The molecule has 0 unspecified atom stereocenters. The average Bonchev–Trinajstić information content (AvgIpc) is 3.29. The Morgan fingerprint density at radius 2 is 2.00 bits per heavy atom. The lowest BCUT2D eigenvalue weighted by Gasteiger charge is -2.11. The van der Waals surface area contributed by atoms with Crippen LogP contribution in [-0.2, 0) is 27.5 Å². The van der Waals surface area contributed by atoms with Gasteiger partial charge in [-0.1, -0.05) is 42.6 Å². The summed E-state index contributed by atoms with van der Waals surface area (Å²) in [5, 5.41) is 10.4. The maximum absolute atomic E-state index is 12.0. The number of hydrogen-bond acceptors (Lipinski definition) is 4. The van der Waals surface area contributed by atoms with Crippen molar-refractivity contribution < 1.29 is 14.3 Å². The van der Waals surface area contributed by atoms with Crippen molar-refractivity contribution in [3.63, 3.8) is 0 Å². The zero-order valence-electron chi connectivity index (χ0n) is 15.0. The number of rotatable bonds is 8. The molecule has 0 aliphatic heterocycles. The molecule has 27 heavy (non-hydrogen) atoms. The highest BCUT2D eigenvalue weighted by Gasteiger charge is 2.17. The molecule has 0 bridgehead atoms. The summed E-state index contributed by atoms with van der Waals surface area (Å²) < 4.78 is 6.90. The molecule has 1 fully saturated rings. The van der Waals surface area contributed by atoms with Gasteiger partial charge in [0.1, 0.15) is 13.2 Å². The lowest BCUT2D eigenvalue weighted by atomic mass is 10.2. The monoisotopic (exact) mass is 390 g/mol. The molecule has 1 saturated carbocycles. The van der Waals surface area contributed by atoms with Crippen LogP contribution in [0.3, 0.4) is 0 Å². The van der Waals surface area contributed by atoms with E-state index >= 15 is 0 Å². The third kappa shape index (κ3) is 6.08. The Balaban J connectivity index is 1.39. The van der Waals surface area contributed by atoms with E-state index in [2.05, 4.69) is 15.7 Å². The summed E-state index contributed by atoms with van der Waals surface area (Å²) in [6, 6.07) is 7.60. The first-order chi connectivity index (χ1) is 13.1. The molecule has 1 heterocycles. The van der Waals surface area contributed by atoms with Gasteiger partial charge in [-0.3, -0.25) is 14.3 Å². The van der Waals surface area contributed by atoms with Crippen LogP contribution in [-0.4, -0.2) is 34.2 Å². The van der Waals surface area contributed by atoms with E-state index in [0.717, 1.165) is 18.4 Å². The summed E-state index contributed by atoms with van der Waals surface area (Å²) in [4.78, 5) is 24.0. The molecule has 2 N–H and O–H groups in total. The maximum Gasteiger partial charge on any atom is 0.250 e. The molecule has 7 nitrogen and oxygen atoms in total. The number of halogens is 1. The first kappa shape index (κ1) is 19.4. The highest BCUT2D eigenvalue weighted by Crippen LogP contribution is 2.17. The third-order valence-electron chi connectivity index (χ3n) is 4.39. The molecule has 144 valence electrons. The average molecular weight is 391 g/mol. The third-order valence-corrected chi connectivity index (χ3v) is 4.76. The van der Waals surface area contributed by atoms with Crippen LogP contribution in [0.25, 0.3) is 0 Å². The maximum atomic E-state index is 12.0. The van der Waals surface area contributed by atoms with Gasteiger partial charge in [-0.05, 0) is 24.5 Å². The van der Waals surface area contributed by atoms with Crippen molar-refractivity contribution in [1.82, 2.24) is 15.1 Å². The second-order valence-electron chi connectivity index (χ2n) is 6.61. The van der Waals surface area contributed by atoms with E-state index in [1.54, 1.807) is 12.3 Å². The molecule has 2 amide bonds. The number of aromatic nitrogens is 2. The predicted octanol–water partition coefficient (Wildman–Crippen LogP) is 2.75. The van der Waals surface area contributed by atoms with Crippen molar-refractivity contribution in [3.8, 4) is 0 Å². The quantitative estimate of drug-likeness (QED) is 0.725. The van der Waals surface area contributed by atoms with Gasteiger partial charge in [0.05, 0.1) is 18.5 Å². The van der Waals surface area contributed by atoms with E-state index < -0.39 is 0 Å². The smallest absolute Gasteiger partial charge is 0.250 e. The Labute approximate surface area is 163 Å². The van der Waals surface area contributed by atoms with Crippen LogP contribution in [0.2, 0.25) is 5.02 Å². The van der Waals surface area contributed by atoms with Crippen molar-refractivity contribution in [2.45, 2.75) is 44.9 Å². The summed E-state index contributed by atoms with van der Waals surface area (Å²) in [5.74, 6) is -0.358. The van der Waals surface area contributed by atoms with Crippen LogP contribution in [0.5, 0.6) is 0 Å². The van der Waals surface area contributed by atoms with Gasteiger partial charge >= 0.3 is 0 Å². The van der Waals surface area contributed by atoms with Crippen molar-refractivity contribution in [1.29, 1.82) is 0 Å². The minimum atomic E-state index is -0.294. The number of amides is 2. The molecule has 1 aliphatic carbocycles. The van der Waals surface area contributed by atoms with E-state index in [0.29, 0.717) is 10.7 Å². The number of benzene rings is 1. The fourth-order valence-corrected chi connectivity index (χ4v) is 3.26. The Bertz CT molecular complexity index is 787. The fourth-order valence-electron chi connectivity index (χ4n) is 3.07. The van der Waals surface area contributed by atoms with Gasteiger partial charge < -0.3 is 15.4 Å². The number of carbonyl (C=O) groups excluding carboxylic acids is 2. The van der Waals surface area contributed by atoms with Gasteiger partial charge in [0.2, 0.25) is 11.8 Å². The molecule has 2 aromatic rings. The highest BCUT2D eigenvalue weighted by atomic mass is 35.5. The van der Waals surface area contributed by atoms with E-state index in [1.807, 2.05) is 18.2 Å². The lowest BCUT2D eigenvalue weighted by molar-refractivity contribution is -0.122. The molecule has 3 rings (SSSR count). The number of hydrogen-bond donors (Lipinski definition) is 2. The second-order valence-corrected chi connectivity index (χ2v) is 7.02. The van der Waals surface area contributed by atoms with E-state index in [-0.39, 0.29) is 37.6 Å². The van der Waals surface area contributed by atoms with Crippen LogP contribution in [0.4, 0.5) is 5.69 Å². The molecule has 1 aromatic heterocycles. The Morgan fingerprint density at radius 1 is 1.22 bits per heavy atom. The Morgan fingerprint density at radius 3 is 2.78 bits per heavy atom. The molecule has 1 aromatic carbocycles. The van der Waals surface area contributed by atoms with E-state index in [1.165, 1.54) is 23.7 Å².